The number of nitrogens with two attached hydrogens (primary N) is 1. The lowest BCUT2D eigenvalue weighted by Crippen LogP contribution is -2.27. The van der Waals surface area contributed by atoms with Crippen LogP contribution in [-0.4, -0.2) is 25.8 Å². The fraction of sp³-hybridized carbons (Fsp3) is 0.211. The molecule has 0 aliphatic carbocycles. The molecule has 1 aromatic carbocycles. The van der Waals surface area contributed by atoms with Gasteiger partial charge in [-0.2, -0.15) is 0 Å². The summed E-state index contributed by atoms with van der Waals surface area (Å²) in [4.78, 5) is 14.3. The zero-order valence-electron chi connectivity index (χ0n) is 15.1. The largest absolute Gasteiger partial charge is 0.468 e. The summed E-state index contributed by atoms with van der Waals surface area (Å²) in [7, 11) is -3.76. The fourth-order valence-corrected chi connectivity index (χ4v) is 3.19. The van der Waals surface area contributed by atoms with Crippen LogP contribution in [0.1, 0.15) is 17.9 Å². The molecular weight excluding hydrogens is 382 g/mol. The van der Waals surface area contributed by atoms with Gasteiger partial charge in [0.1, 0.15) is 11.5 Å². The molecule has 2 aromatic heterocycles. The molecule has 1 amide bonds. The van der Waals surface area contributed by atoms with Crippen molar-refractivity contribution in [3.63, 3.8) is 0 Å². The summed E-state index contributed by atoms with van der Waals surface area (Å²) in [5.41, 5.74) is 0.501. The van der Waals surface area contributed by atoms with Crippen LogP contribution < -0.4 is 10.5 Å². The van der Waals surface area contributed by atoms with E-state index in [1.807, 2.05) is 29.2 Å². The van der Waals surface area contributed by atoms with Crippen molar-refractivity contribution in [2.75, 3.05) is 11.9 Å². The van der Waals surface area contributed by atoms with E-state index in [9.17, 15) is 13.2 Å². The van der Waals surface area contributed by atoms with Gasteiger partial charge in [-0.1, -0.05) is 0 Å². The number of amides is 1. The Balaban J connectivity index is 1.56. The molecule has 0 spiro atoms. The van der Waals surface area contributed by atoms with Crippen molar-refractivity contribution in [3.8, 4) is 0 Å². The lowest BCUT2D eigenvalue weighted by atomic mass is 10.2. The standard InChI is InChI=1S/C19H21N3O5S/c20-28(24,25)18-7-5-15(6-8-18)21-19(23)9-10-22(13-16-3-1-11-26-16)14-17-4-2-12-27-17/h1-8,11-12H,9-10,13-14H2,(H,21,23)(H2,20,24,25). The molecule has 3 N–H and O–H groups in total. The van der Waals surface area contributed by atoms with E-state index in [4.69, 9.17) is 14.0 Å². The highest BCUT2D eigenvalue weighted by Crippen LogP contribution is 2.14. The van der Waals surface area contributed by atoms with E-state index in [0.29, 0.717) is 25.3 Å². The molecule has 3 aromatic rings. The summed E-state index contributed by atoms with van der Waals surface area (Å²) in [5, 5.41) is 7.81. The van der Waals surface area contributed by atoms with Gasteiger partial charge in [-0.3, -0.25) is 9.69 Å². The first-order valence-corrected chi connectivity index (χ1v) is 10.1. The zero-order valence-corrected chi connectivity index (χ0v) is 15.9. The SMILES string of the molecule is NS(=O)(=O)c1ccc(NC(=O)CCN(Cc2ccco2)Cc2ccco2)cc1. The van der Waals surface area contributed by atoms with Crippen molar-refractivity contribution in [2.45, 2.75) is 24.4 Å². The molecular formula is C19H21N3O5S. The minimum Gasteiger partial charge on any atom is -0.468 e. The second-order valence-corrected chi connectivity index (χ2v) is 7.80. The molecule has 8 nitrogen and oxygen atoms in total. The summed E-state index contributed by atoms with van der Waals surface area (Å²) < 4.78 is 33.3. The summed E-state index contributed by atoms with van der Waals surface area (Å²) in [6.07, 6.45) is 3.47. The molecule has 0 aliphatic rings. The summed E-state index contributed by atoms with van der Waals surface area (Å²) in [5.74, 6) is 1.41. The van der Waals surface area contributed by atoms with Crippen LogP contribution >= 0.6 is 0 Å². The van der Waals surface area contributed by atoms with Crippen LogP contribution in [0.15, 0.2) is 74.8 Å². The lowest BCUT2D eigenvalue weighted by Gasteiger charge is -2.19. The third kappa shape index (κ3) is 5.81. The van der Waals surface area contributed by atoms with E-state index in [2.05, 4.69) is 5.32 Å². The smallest absolute Gasteiger partial charge is 0.238 e. The number of anilines is 1. The van der Waals surface area contributed by atoms with Gasteiger partial charge < -0.3 is 14.2 Å². The number of nitrogens with one attached hydrogen (secondary N) is 1. The van der Waals surface area contributed by atoms with Crippen LogP contribution in [-0.2, 0) is 27.9 Å². The van der Waals surface area contributed by atoms with Gasteiger partial charge in [0.2, 0.25) is 15.9 Å². The van der Waals surface area contributed by atoms with E-state index in [-0.39, 0.29) is 17.2 Å². The minimum absolute atomic E-state index is 0.00595. The van der Waals surface area contributed by atoms with E-state index in [1.165, 1.54) is 24.3 Å². The van der Waals surface area contributed by atoms with Crippen LogP contribution in [0.4, 0.5) is 5.69 Å². The van der Waals surface area contributed by atoms with Crippen LogP contribution in [0.25, 0.3) is 0 Å². The topological polar surface area (TPSA) is 119 Å². The molecule has 0 fully saturated rings. The number of rotatable bonds is 9. The van der Waals surface area contributed by atoms with Gasteiger partial charge in [0.25, 0.3) is 0 Å². The average molecular weight is 403 g/mol. The number of hydrogen-bond donors (Lipinski definition) is 2. The number of nitrogens with zero attached hydrogens (tertiary/aromatic N) is 1. The molecule has 0 saturated carbocycles. The normalized spacial score (nSPS) is 11.6. The quantitative estimate of drug-likeness (QED) is 0.567. The van der Waals surface area contributed by atoms with E-state index in [0.717, 1.165) is 11.5 Å². The van der Waals surface area contributed by atoms with Crippen molar-refractivity contribution >= 4 is 21.6 Å². The van der Waals surface area contributed by atoms with Crippen molar-refractivity contribution in [1.29, 1.82) is 0 Å². The molecule has 0 bridgehead atoms. The number of furan rings is 2. The number of hydrogen-bond acceptors (Lipinski definition) is 6. The van der Waals surface area contributed by atoms with Crippen LogP contribution in [0.2, 0.25) is 0 Å². The Morgan fingerprint density at radius 1 is 0.964 bits per heavy atom. The summed E-state index contributed by atoms with van der Waals surface area (Å²) in [6.45, 7) is 1.58. The second kappa shape index (κ2) is 8.87. The predicted octanol–water partition coefficient (Wildman–Crippen LogP) is 2.55. The van der Waals surface area contributed by atoms with Gasteiger partial charge in [0.15, 0.2) is 0 Å². The van der Waals surface area contributed by atoms with Gasteiger partial charge in [-0.05, 0) is 48.5 Å². The van der Waals surface area contributed by atoms with Gasteiger partial charge in [0.05, 0.1) is 30.5 Å². The first-order chi connectivity index (χ1) is 13.4. The van der Waals surface area contributed by atoms with Crippen LogP contribution in [0, 0.1) is 0 Å². The van der Waals surface area contributed by atoms with E-state index < -0.39 is 10.0 Å². The molecule has 148 valence electrons. The molecule has 0 unspecified atom stereocenters. The molecule has 0 aliphatic heterocycles. The summed E-state index contributed by atoms with van der Waals surface area (Å²) >= 11 is 0. The van der Waals surface area contributed by atoms with Gasteiger partial charge >= 0.3 is 0 Å². The monoisotopic (exact) mass is 403 g/mol. The number of benzene rings is 1. The average Bonchev–Trinajstić information content (AvgIpc) is 3.33. The third-order valence-corrected chi connectivity index (χ3v) is 4.97. The highest BCUT2D eigenvalue weighted by Gasteiger charge is 2.13. The first kappa shape index (κ1) is 19.9. The molecule has 2 heterocycles. The van der Waals surface area contributed by atoms with Crippen LogP contribution in [0.3, 0.4) is 0 Å². The van der Waals surface area contributed by atoms with Gasteiger partial charge in [-0.15, -0.1) is 0 Å². The molecule has 0 radical (unpaired) electrons. The number of carbonyl (C=O) groups is 1. The lowest BCUT2D eigenvalue weighted by molar-refractivity contribution is -0.116. The second-order valence-electron chi connectivity index (χ2n) is 6.24. The molecule has 9 heteroatoms. The minimum atomic E-state index is -3.76. The van der Waals surface area contributed by atoms with Crippen molar-refractivity contribution in [1.82, 2.24) is 4.90 Å². The van der Waals surface area contributed by atoms with E-state index >= 15 is 0 Å². The first-order valence-electron chi connectivity index (χ1n) is 8.60. The van der Waals surface area contributed by atoms with E-state index in [1.54, 1.807) is 12.5 Å². The Morgan fingerprint density at radius 2 is 1.54 bits per heavy atom. The number of sulfonamides is 1. The molecule has 0 atom stereocenters. The highest BCUT2D eigenvalue weighted by atomic mass is 32.2. The Labute approximate surface area is 163 Å². The maximum Gasteiger partial charge on any atom is 0.238 e. The van der Waals surface area contributed by atoms with Crippen molar-refractivity contribution < 1.29 is 22.0 Å². The zero-order chi connectivity index (χ0) is 20.0. The number of carbonyl (C=O) groups excluding carboxylic acids is 1. The highest BCUT2D eigenvalue weighted by molar-refractivity contribution is 7.89. The third-order valence-electron chi connectivity index (χ3n) is 4.04. The van der Waals surface area contributed by atoms with Gasteiger partial charge in [0, 0.05) is 18.7 Å². The molecule has 0 saturated heterocycles. The molecule has 28 heavy (non-hydrogen) atoms. The Kier molecular flexibility index (Phi) is 6.30. The Morgan fingerprint density at radius 3 is 2.00 bits per heavy atom. The van der Waals surface area contributed by atoms with Crippen molar-refractivity contribution in [3.05, 3.63) is 72.6 Å². The Hall–Kier alpha value is -2.88. The van der Waals surface area contributed by atoms with Gasteiger partial charge in [-0.25, -0.2) is 13.6 Å². The Bertz CT molecular complexity index is 945. The maximum absolute atomic E-state index is 12.3. The maximum atomic E-state index is 12.3. The summed E-state index contributed by atoms with van der Waals surface area (Å²) in [6, 6.07) is 13.1. The fourth-order valence-electron chi connectivity index (χ4n) is 2.67. The number of primary sulfonamides is 1. The van der Waals surface area contributed by atoms with Crippen molar-refractivity contribution in [2.24, 2.45) is 5.14 Å². The molecule has 3 rings (SSSR count). The predicted molar refractivity (Wildman–Crippen MR) is 103 cm³/mol. The van der Waals surface area contributed by atoms with Crippen LogP contribution in [0.5, 0.6) is 0 Å².